The Bertz CT molecular complexity index is 1130. The lowest BCUT2D eigenvalue weighted by atomic mass is 10.2. The van der Waals surface area contributed by atoms with Crippen LogP contribution in [0.15, 0.2) is 53.1 Å². The van der Waals surface area contributed by atoms with E-state index in [9.17, 15) is 4.79 Å². The quantitative estimate of drug-likeness (QED) is 0.456. The third-order valence-electron chi connectivity index (χ3n) is 4.68. The topological polar surface area (TPSA) is 83.8 Å². The first kappa shape index (κ1) is 19.1. The summed E-state index contributed by atoms with van der Waals surface area (Å²) in [7, 11) is 0. The lowest BCUT2D eigenvalue weighted by molar-refractivity contribution is 0.0937. The minimum absolute atomic E-state index is 0.154. The van der Waals surface area contributed by atoms with E-state index in [1.54, 1.807) is 6.20 Å². The van der Waals surface area contributed by atoms with Crippen molar-refractivity contribution in [3.63, 3.8) is 0 Å². The van der Waals surface area contributed by atoms with Gasteiger partial charge in [0.1, 0.15) is 16.5 Å². The molecule has 148 valence electrons. The number of thiazole rings is 1. The van der Waals surface area contributed by atoms with E-state index in [2.05, 4.69) is 20.3 Å². The number of H-pyrrole nitrogens is 1. The molecule has 0 aliphatic heterocycles. The van der Waals surface area contributed by atoms with Gasteiger partial charge < -0.3 is 14.7 Å². The molecule has 2 N–H and O–H groups in total. The van der Waals surface area contributed by atoms with E-state index in [0.717, 1.165) is 29.3 Å². The number of rotatable bonds is 6. The third kappa shape index (κ3) is 4.00. The van der Waals surface area contributed by atoms with Crippen LogP contribution in [0.3, 0.4) is 0 Å². The van der Waals surface area contributed by atoms with Crippen LogP contribution in [-0.2, 0) is 0 Å². The second-order valence-corrected chi connectivity index (χ2v) is 7.83. The second-order valence-electron chi connectivity index (χ2n) is 6.83. The molecular weight excluding hydrogens is 384 g/mol. The molecule has 0 spiro atoms. The molecule has 0 bridgehead atoms. The number of aromatic amines is 1. The van der Waals surface area contributed by atoms with Gasteiger partial charge in [-0.2, -0.15) is 0 Å². The fourth-order valence-corrected chi connectivity index (χ4v) is 4.06. The first-order valence-corrected chi connectivity index (χ1v) is 10.3. The van der Waals surface area contributed by atoms with Crippen LogP contribution in [0, 0.1) is 13.8 Å². The molecule has 0 saturated heterocycles. The number of carbonyl (C=O) groups excluding carboxylic acids is 1. The molecule has 0 saturated carbocycles. The highest BCUT2D eigenvalue weighted by molar-refractivity contribution is 7.17. The van der Waals surface area contributed by atoms with Crippen molar-refractivity contribution >= 4 is 17.2 Å². The zero-order valence-electron chi connectivity index (χ0n) is 16.5. The average Bonchev–Trinajstić information content (AvgIpc) is 3.46. The molecule has 29 heavy (non-hydrogen) atoms. The highest BCUT2D eigenvalue weighted by atomic mass is 32.1. The molecule has 0 aliphatic carbocycles. The van der Waals surface area contributed by atoms with Crippen molar-refractivity contribution in [3.8, 4) is 22.0 Å². The summed E-state index contributed by atoms with van der Waals surface area (Å²) >= 11 is 1.34. The maximum atomic E-state index is 12.9. The summed E-state index contributed by atoms with van der Waals surface area (Å²) in [6.45, 7) is 5.74. The molecule has 7 heteroatoms. The number of amides is 1. The molecule has 3 aromatic heterocycles. The molecular formula is C22H22N4O2S. The Kier molecular flexibility index (Phi) is 5.31. The van der Waals surface area contributed by atoms with Crippen molar-refractivity contribution in [2.75, 3.05) is 0 Å². The number of nitrogens with zero attached hydrogens (tertiary/aromatic N) is 2. The van der Waals surface area contributed by atoms with Gasteiger partial charge in [-0.1, -0.05) is 37.3 Å². The van der Waals surface area contributed by atoms with E-state index in [0.29, 0.717) is 21.3 Å². The van der Waals surface area contributed by atoms with Crippen LogP contribution in [0.2, 0.25) is 0 Å². The van der Waals surface area contributed by atoms with Gasteiger partial charge in [0.2, 0.25) is 0 Å². The van der Waals surface area contributed by atoms with Gasteiger partial charge in [0.15, 0.2) is 10.8 Å². The molecule has 1 unspecified atom stereocenters. The zero-order chi connectivity index (χ0) is 20.4. The molecule has 0 fully saturated rings. The van der Waals surface area contributed by atoms with E-state index in [1.807, 2.05) is 63.2 Å². The van der Waals surface area contributed by atoms with Gasteiger partial charge in [0.05, 0.1) is 23.6 Å². The van der Waals surface area contributed by atoms with Gasteiger partial charge in [0.25, 0.3) is 5.91 Å². The monoisotopic (exact) mass is 406 g/mol. The van der Waals surface area contributed by atoms with Crippen molar-refractivity contribution in [1.82, 2.24) is 20.3 Å². The smallest absolute Gasteiger partial charge is 0.263 e. The van der Waals surface area contributed by atoms with Gasteiger partial charge in [0, 0.05) is 0 Å². The summed E-state index contributed by atoms with van der Waals surface area (Å²) in [5, 5.41) is 3.79. The maximum Gasteiger partial charge on any atom is 0.263 e. The molecule has 0 radical (unpaired) electrons. The standard InChI is InChI=1S/C22H22N4O2S/c1-4-16(20-23-12-17(25-20)15-8-6-5-7-9-15)26-21(27)19-14(3)24-22(29-19)18-11-10-13(2)28-18/h5-12,16H,4H2,1-3H3,(H,23,25)(H,26,27). The van der Waals surface area contributed by atoms with E-state index < -0.39 is 0 Å². The van der Waals surface area contributed by atoms with Crippen LogP contribution in [0.5, 0.6) is 0 Å². The third-order valence-corrected chi connectivity index (χ3v) is 5.85. The number of hydrogen-bond donors (Lipinski definition) is 2. The minimum atomic E-state index is -0.212. The Morgan fingerprint density at radius 2 is 2.00 bits per heavy atom. The van der Waals surface area contributed by atoms with Crippen molar-refractivity contribution < 1.29 is 9.21 Å². The van der Waals surface area contributed by atoms with Crippen molar-refractivity contribution in [2.45, 2.75) is 33.2 Å². The molecule has 0 aliphatic rings. The number of nitrogens with one attached hydrogen (secondary N) is 2. The average molecular weight is 407 g/mol. The predicted molar refractivity (Wildman–Crippen MR) is 114 cm³/mol. The molecule has 1 aromatic carbocycles. The predicted octanol–water partition coefficient (Wildman–Crippen LogP) is 5.29. The van der Waals surface area contributed by atoms with E-state index in [-0.39, 0.29) is 11.9 Å². The Hall–Kier alpha value is -3.19. The number of aryl methyl sites for hydroxylation is 2. The van der Waals surface area contributed by atoms with E-state index >= 15 is 0 Å². The fourth-order valence-electron chi connectivity index (χ4n) is 3.13. The molecule has 4 aromatic rings. The number of aromatic nitrogens is 3. The molecule has 6 nitrogen and oxygen atoms in total. The number of hydrogen-bond acceptors (Lipinski definition) is 5. The SMILES string of the molecule is CCC(NC(=O)c1sc(-c2ccc(C)o2)nc1C)c1ncc(-c2ccccc2)[nH]1. The van der Waals surface area contributed by atoms with E-state index in [1.165, 1.54) is 11.3 Å². The molecule has 4 rings (SSSR count). The van der Waals surface area contributed by atoms with Crippen molar-refractivity contribution in [3.05, 3.63) is 70.8 Å². The van der Waals surface area contributed by atoms with E-state index in [4.69, 9.17) is 4.42 Å². The molecule has 1 amide bonds. The first-order chi connectivity index (χ1) is 14.0. The Morgan fingerprint density at radius 1 is 1.21 bits per heavy atom. The number of furan rings is 1. The van der Waals surface area contributed by atoms with Crippen LogP contribution in [0.1, 0.15) is 46.3 Å². The summed E-state index contributed by atoms with van der Waals surface area (Å²) < 4.78 is 5.64. The Balaban J connectivity index is 1.53. The minimum Gasteiger partial charge on any atom is -0.459 e. The van der Waals surface area contributed by atoms with Crippen molar-refractivity contribution in [2.24, 2.45) is 0 Å². The maximum absolute atomic E-state index is 12.9. The lowest BCUT2D eigenvalue weighted by Gasteiger charge is -2.14. The van der Waals surface area contributed by atoms with Gasteiger partial charge >= 0.3 is 0 Å². The van der Waals surface area contributed by atoms with Gasteiger partial charge in [-0.3, -0.25) is 4.79 Å². The van der Waals surface area contributed by atoms with Crippen LogP contribution >= 0.6 is 11.3 Å². The van der Waals surface area contributed by atoms with Crippen LogP contribution in [-0.4, -0.2) is 20.9 Å². The normalized spacial score (nSPS) is 12.1. The zero-order valence-corrected chi connectivity index (χ0v) is 17.3. The Morgan fingerprint density at radius 3 is 2.69 bits per heavy atom. The van der Waals surface area contributed by atoms with Crippen LogP contribution in [0.25, 0.3) is 22.0 Å². The summed E-state index contributed by atoms with van der Waals surface area (Å²) in [4.78, 5) is 25.8. The summed E-state index contributed by atoms with van der Waals surface area (Å²) in [5.41, 5.74) is 2.68. The van der Waals surface area contributed by atoms with Crippen LogP contribution in [0.4, 0.5) is 0 Å². The second kappa shape index (κ2) is 8.05. The summed E-state index contributed by atoms with van der Waals surface area (Å²) in [6.07, 6.45) is 2.52. The molecule has 3 heterocycles. The number of benzene rings is 1. The van der Waals surface area contributed by atoms with Gasteiger partial charge in [-0.05, 0) is 38.0 Å². The largest absolute Gasteiger partial charge is 0.459 e. The molecule has 1 atom stereocenters. The lowest BCUT2D eigenvalue weighted by Crippen LogP contribution is -2.28. The first-order valence-electron chi connectivity index (χ1n) is 9.50. The fraction of sp³-hybridized carbons (Fsp3) is 0.227. The van der Waals surface area contributed by atoms with Crippen molar-refractivity contribution in [1.29, 1.82) is 0 Å². The summed E-state index contributed by atoms with van der Waals surface area (Å²) in [5.74, 6) is 2.08. The highest BCUT2D eigenvalue weighted by Gasteiger charge is 2.22. The Labute approximate surface area is 173 Å². The number of imidazole rings is 1. The van der Waals surface area contributed by atoms with Gasteiger partial charge in [-0.15, -0.1) is 11.3 Å². The van der Waals surface area contributed by atoms with Crippen LogP contribution < -0.4 is 5.32 Å². The number of carbonyl (C=O) groups is 1. The van der Waals surface area contributed by atoms with Gasteiger partial charge in [-0.25, -0.2) is 9.97 Å². The summed E-state index contributed by atoms with van der Waals surface area (Å²) in [6, 6.07) is 13.5. The highest BCUT2D eigenvalue weighted by Crippen LogP contribution is 2.30.